The molecule has 0 aliphatic carbocycles. The zero-order valence-electron chi connectivity index (χ0n) is 9.84. The van der Waals surface area contributed by atoms with Gasteiger partial charge in [-0.3, -0.25) is 0 Å². The van der Waals surface area contributed by atoms with E-state index in [1.165, 1.54) is 11.6 Å². The molecule has 92 valence electrons. The number of nitrogens with one attached hydrogen (secondary N) is 1. The van der Waals surface area contributed by atoms with Crippen molar-refractivity contribution in [2.24, 2.45) is 0 Å². The molecule has 2 N–H and O–H groups in total. The van der Waals surface area contributed by atoms with Crippen LogP contribution in [0.5, 0.6) is 0 Å². The number of benzene rings is 1. The van der Waals surface area contributed by atoms with Gasteiger partial charge in [0.15, 0.2) is 0 Å². The lowest BCUT2D eigenvalue weighted by molar-refractivity contribution is 0.0690. The fourth-order valence-corrected chi connectivity index (χ4v) is 1.63. The number of aromatic carboxylic acids is 1. The van der Waals surface area contributed by atoms with Gasteiger partial charge in [-0.15, -0.1) is 0 Å². The average molecular weight is 242 g/mol. The quantitative estimate of drug-likeness (QED) is 0.842. The Morgan fingerprint density at radius 1 is 1.06 bits per heavy atom. The molecule has 1 heterocycles. The number of aromatic nitrogens is 1. The van der Waals surface area contributed by atoms with Gasteiger partial charge in [0, 0.05) is 13.1 Å². The third kappa shape index (κ3) is 3.40. The van der Waals surface area contributed by atoms with Crippen LogP contribution in [0.2, 0.25) is 0 Å². The number of hydrogen-bond donors (Lipinski definition) is 2. The molecule has 0 bridgehead atoms. The fourth-order valence-electron chi connectivity index (χ4n) is 1.63. The van der Waals surface area contributed by atoms with Crippen molar-refractivity contribution in [1.29, 1.82) is 0 Å². The second-order valence-electron chi connectivity index (χ2n) is 3.91. The molecule has 4 heteroatoms. The predicted molar refractivity (Wildman–Crippen MR) is 68.2 cm³/mol. The lowest BCUT2D eigenvalue weighted by atomic mass is 10.2. The van der Waals surface area contributed by atoms with E-state index in [4.69, 9.17) is 5.11 Å². The highest BCUT2D eigenvalue weighted by molar-refractivity contribution is 5.85. The predicted octanol–water partition coefficient (Wildman–Crippen LogP) is 2.07. The molecule has 18 heavy (non-hydrogen) atoms. The van der Waals surface area contributed by atoms with Crippen molar-refractivity contribution in [2.75, 3.05) is 0 Å². The van der Waals surface area contributed by atoms with Gasteiger partial charge in [0.1, 0.15) is 5.69 Å². The van der Waals surface area contributed by atoms with Crippen LogP contribution in [0, 0.1) is 0 Å². The van der Waals surface area contributed by atoms with E-state index in [9.17, 15) is 4.79 Å². The summed E-state index contributed by atoms with van der Waals surface area (Å²) in [5.41, 5.74) is 1.99. The minimum Gasteiger partial charge on any atom is -0.477 e. The largest absolute Gasteiger partial charge is 0.477 e. The fraction of sp³-hybridized carbons (Fsp3) is 0.143. The number of carbonyl (C=O) groups is 1. The van der Waals surface area contributed by atoms with Crippen LogP contribution in [0.25, 0.3) is 0 Å². The van der Waals surface area contributed by atoms with Crippen molar-refractivity contribution in [3.05, 3.63) is 65.5 Å². The summed E-state index contributed by atoms with van der Waals surface area (Å²) in [6.45, 7) is 1.29. The zero-order valence-corrected chi connectivity index (χ0v) is 9.84. The van der Waals surface area contributed by atoms with Gasteiger partial charge in [-0.2, -0.15) is 0 Å². The summed E-state index contributed by atoms with van der Waals surface area (Å²) in [5, 5.41) is 12.1. The highest BCUT2D eigenvalue weighted by Gasteiger charge is 2.04. The lowest BCUT2D eigenvalue weighted by Gasteiger charge is -2.05. The molecule has 0 spiro atoms. The average Bonchev–Trinajstić information content (AvgIpc) is 2.40. The molecule has 0 aliphatic heterocycles. The molecule has 0 atom stereocenters. The monoisotopic (exact) mass is 242 g/mol. The Bertz CT molecular complexity index is 526. The maximum Gasteiger partial charge on any atom is 0.354 e. The molecule has 4 nitrogen and oxygen atoms in total. The van der Waals surface area contributed by atoms with Crippen molar-refractivity contribution in [2.45, 2.75) is 13.1 Å². The van der Waals surface area contributed by atoms with Crippen LogP contribution in [0.3, 0.4) is 0 Å². The summed E-state index contributed by atoms with van der Waals surface area (Å²) in [6.07, 6.45) is 0. The molecular weight excluding hydrogens is 228 g/mol. The van der Waals surface area contributed by atoms with E-state index >= 15 is 0 Å². The van der Waals surface area contributed by atoms with Crippen LogP contribution in [-0.4, -0.2) is 16.1 Å². The standard InChI is InChI=1S/C14H14N2O2/c17-14(18)13-8-4-7-12(16-13)10-15-9-11-5-2-1-3-6-11/h1-8,15H,9-10H2,(H,17,18). The van der Waals surface area contributed by atoms with Crippen LogP contribution in [0.15, 0.2) is 48.5 Å². The lowest BCUT2D eigenvalue weighted by Crippen LogP contribution is -2.14. The first-order chi connectivity index (χ1) is 8.75. The Balaban J connectivity index is 1.90. The second kappa shape index (κ2) is 5.93. The molecule has 2 rings (SSSR count). The number of carboxylic acid groups (broad SMARTS) is 1. The van der Waals surface area contributed by atoms with Crippen LogP contribution < -0.4 is 5.32 Å². The first-order valence-corrected chi connectivity index (χ1v) is 5.69. The second-order valence-corrected chi connectivity index (χ2v) is 3.91. The van der Waals surface area contributed by atoms with Crippen molar-refractivity contribution in [1.82, 2.24) is 10.3 Å². The van der Waals surface area contributed by atoms with Gasteiger partial charge < -0.3 is 10.4 Å². The highest BCUT2D eigenvalue weighted by Crippen LogP contribution is 2.01. The first-order valence-electron chi connectivity index (χ1n) is 5.69. The summed E-state index contributed by atoms with van der Waals surface area (Å²) in [4.78, 5) is 14.8. The van der Waals surface area contributed by atoms with E-state index in [2.05, 4.69) is 10.3 Å². The van der Waals surface area contributed by atoms with Gasteiger partial charge in [-0.25, -0.2) is 9.78 Å². The Morgan fingerprint density at radius 3 is 2.56 bits per heavy atom. The van der Waals surface area contributed by atoms with Gasteiger partial charge in [-0.1, -0.05) is 36.4 Å². The van der Waals surface area contributed by atoms with Crippen LogP contribution in [0.1, 0.15) is 21.7 Å². The normalized spacial score (nSPS) is 10.2. The zero-order chi connectivity index (χ0) is 12.8. The Morgan fingerprint density at radius 2 is 1.83 bits per heavy atom. The van der Waals surface area contributed by atoms with Gasteiger partial charge >= 0.3 is 5.97 Å². The van der Waals surface area contributed by atoms with E-state index in [1.54, 1.807) is 6.07 Å². The number of carboxylic acids is 1. The summed E-state index contributed by atoms with van der Waals surface area (Å²) < 4.78 is 0. The molecular formula is C14H14N2O2. The van der Waals surface area contributed by atoms with E-state index in [-0.39, 0.29) is 5.69 Å². The summed E-state index contributed by atoms with van der Waals surface area (Å²) in [6, 6.07) is 15.0. The Hall–Kier alpha value is -2.20. The molecule has 0 radical (unpaired) electrons. The Kier molecular flexibility index (Phi) is 4.04. The molecule has 2 aromatic rings. The maximum absolute atomic E-state index is 10.8. The Labute approximate surface area is 105 Å². The third-order valence-corrected chi connectivity index (χ3v) is 2.50. The minimum absolute atomic E-state index is 0.0778. The van der Waals surface area contributed by atoms with E-state index in [0.29, 0.717) is 6.54 Å². The van der Waals surface area contributed by atoms with E-state index < -0.39 is 5.97 Å². The molecule has 0 fully saturated rings. The highest BCUT2D eigenvalue weighted by atomic mass is 16.4. The summed E-state index contributed by atoms with van der Waals surface area (Å²) in [7, 11) is 0. The van der Waals surface area contributed by atoms with Crippen LogP contribution in [-0.2, 0) is 13.1 Å². The number of pyridine rings is 1. The molecule has 0 unspecified atom stereocenters. The molecule has 0 saturated heterocycles. The van der Waals surface area contributed by atoms with Crippen molar-refractivity contribution < 1.29 is 9.90 Å². The van der Waals surface area contributed by atoms with Crippen LogP contribution in [0.4, 0.5) is 0 Å². The first kappa shape index (κ1) is 12.3. The molecule has 0 aliphatic rings. The number of hydrogen-bond acceptors (Lipinski definition) is 3. The molecule has 0 amide bonds. The topological polar surface area (TPSA) is 62.2 Å². The third-order valence-electron chi connectivity index (χ3n) is 2.50. The minimum atomic E-state index is -1.00. The van der Waals surface area contributed by atoms with E-state index in [0.717, 1.165) is 12.2 Å². The van der Waals surface area contributed by atoms with Crippen LogP contribution >= 0.6 is 0 Å². The van der Waals surface area contributed by atoms with Crippen molar-refractivity contribution >= 4 is 5.97 Å². The number of nitrogens with zero attached hydrogens (tertiary/aromatic N) is 1. The molecule has 1 aromatic carbocycles. The van der Waals surface area contributed by atoms with Gasteiger partial charge in [0.05, 0.1) is 5.69 Å². The van der Waals surface area contributed by atoms with E-state index in [1.807, 2.05) is 36.4 Å². The number of rotatable bonds is 5. The summed E-state index contributed by atoms with van der Waals surface area (Å²) in [5.74, 6) is -1.00. The summed E-state index contributed by atoms with van der Waals surface area (Å²) >= 11 is 0. The maximum atomic E-state index is 10.8. The molecule has 1 aromatic heterocycles. The van der Waals surface area contributed by atoms with Gasteiger partial charge in [-0.05, 0) is 17.7 Å². The van der Waals surface area contributed by atoms with Crippen molar-refractivity contribution in [3.8, 4) is 0 Å². The van der Waals surface area contributed by atoms with Gasteiger partial charge in [0.25, 0.3) is 0 Å². The van der Waals surface area contributed by atoms with Crippen molar-refractivity contribution in [3.63, 3.8) is 0 Å². The van der Waals surface area contributed by atoms with Gasteiger partial charge in [0.2, 0.25) is 0 Å². The smallest absolute Gasteiger partial charge is 0.354 e. The molecule has 0 saturated carbocycles. The SMILES string of the molecule is O=C(O)c1cccc(CNCc2ccccc2)n1.